The zero-order valence-corrected chi connectivity index (χ0v) is 11.9. The summed E-state index contributed by atoms with van der Waals surface area (Å²) in [5.74, 6) is -0.380. The van der Waals surface area contributed by atoms with Crippen LogP contribution in [0.2, 0.25) is 0 Å². The van der Waals surface area contributed by atoms with Crippen LogP contribution in [0, 0.1) is 17.1 Å². The van der Waals surface area contributed by atoms with Gasteiger partial charge in [0.05, 0.1) is 17.3 Å². The molecule has 0 radical (unpaired) electrons. The number of nitrogens with two attached hydrogens (primary N) is 2. The molecule has 1 aromatic carbocycles. The van der Waals surface area contributed by atoms with Gasteiger partial charge in [-0.25, -0.2) is 9.37 Å². The highest BCUT2D eigenvalue weighted by atomic mass is 79.9. The molecule has 1 aromatic heterocycles. The molecule has 0 saturated heterocycles. The smallest absolute Gasteiger partial charge is 0.222 e. The molecule has 0 amide bonds. The number of nitrogens with zero attached hydrogens (tertiary/aromatic N) is 3. The molecule has 6 nitrogen and oxygen atoms in total. The topological polar surface area (TPSA) is 111 Å². The van der Waals surface area contributed by atoms with Crippen molar-refractivity contribution in [1.29, 1.82) is 5.26 Å². The number of ether oxygens (including phenoxy) is 1. The van der Waals surface area contributed by atoms with E-state index in [0.29, 0.717) is 5.75 Å². The molecule has 0 unspecified atom stereocenters. The third-order valence-corrected chi connectivity index (χ3v) is 3.17. The minimum atomic E-state index is -0.527. The van der Waals surface area contributed by atoms with Crippen molar-refractivity contribution in [1.82, 2.24) is 9.97 Å². The van der Waals surface area contributed by atoms with Gasteiger partial charge in [-0.1, -0.05) is 0 Å². The lowest BCUT2D eigenvalue weighted by molar-refractivity contribution is 0.415. The molecule has 0 saturated carbocycles. The van der Waals surface area contributed by atoms with Crippen LogP contribution < -0.4 is 16.2 Å². The molecule has 20 heavy (non-hydrogen) atoms. The summed E-state index contributed by atoms with van der Waals surface area (Å²) in [6.07, 6.45) is 0. The maximum Gasteiger partial charge on any atom is 0.222 e. The molecular weight excluding hydrogens is 329 g/mol. The first-order chi connectivity index (χ1) is 9.47. The predicted molar refractivity (Wildman–Crippen MR) is 75.2 cm³/mol. The van der Waals surface area contributed by atoms with Crippen molar-refractivity contribution >= 4 is 27.7 Å². The summed E-state index contributed by atoms with van der Waals surface area (Å²) in [7, 11) is 1.42. The Morgan fingerprint density at radius 1 is 1.35 bits per heavy atom. The zero-order valence-electron chi connectivity index (χ0n) is 10.3. The Bertz CT molecular complexity index is 729. The quantitative estimate of drug-likeness (QED) is 0.867. The highest BCUT2D eigenvalue weighted by Gasteiger charge is 2.18. The lowest BCUT2D eigenvalue weighted by Crippen LogP contribution is -2.05. The van der Waals surface area contributed by atoms with Crippen LogP contribution in [-0.4, -0.2) is 17.1 Å². The Hall–Kier alpha value is -2.40. The molecule has 2 rings (SSSR count). The number of rotatable bonds is 2. The molecule has 0 aliphatic carbocycles. The first-order valence-corrected chi connectivity index (χ1v) is 6.13. The molecule has 0 atom stereocenters. The molecule has 2 aromatic rings. The highest BCUT2D eigenvalue weighted by molar-refractivity contribution is 9.10. The first kappa shape index (κ1) is 14.0. The highest BCUT2D eigenvalue weighted by Crippen LogP contribution is 2.36. The van der Waals surface area contributed by atoms with Gasteiger partial charge in [-0.3, -0.25) is 0 Å². The maximum absolute atomic E-state index is 13.7. The van der Waals surface area contributed by atoms with Crippen LogP contribution in [-0.2, 0) is 0 Å². The van der Waals surface area contributed by atoms with Gasteiger partial charge in [0.15, 0.2) is 0 Å². The van der Waals surface area contributed by atoms with Crippen molar-refractivity contribution < 1.29 is 9.13 Å². The lowest BCUT2D eigenvalue weighted by atomic mass is 10.1. The van der Waals surface area contributed by atoms with Crippen LogP contribution in [0.5, 0.6) is 5.75 Å². The average molecular weight is 338 g/mol. The van der Waals surface area contributed by atoms with E-state index in [1.165, 1.54) is 19.2 Å². The Kier molecular flexibility index (Phi) is 3.72. The van der Waals surface area contributed by atoms with E-state index >= 15 is 0 Å². The summed E-state index contributed by atoms with van der Waals surface area (Å²) < 4.78 is 19.1. The van der Waals surface area contributed by atoms with Gasteiger partial charge in [0, 0.05) is 5.56 Å². The van der Waals surface area contributed by atoms with Gasteiger partial charge < -0.3 is 16.2 Å². The molecule has 0 bridgehead atoms. The summed E-state index contributed by atoms with van der Waals surface area (Å²) in [5.41, 5.74) is 11.6. The summed E-state index contributed by atoms with van der Waals surface area (Å²) in [6, 6.07) is 4.50. The number of hydrogen-bond donors (Lipinski definition) is 2. The van der Waals surface area contributed by atoms with Crippen molar-refractivity contribution in [3.8, 4) is 23.1 Å². The SMILES string of the molecule is COc1cc(Br)c(F)cc1-c1nc(N)nc(N)c1C#N. The van der Waals surface area contributed by atoms with Crippen LogP contribution >= 0.6 is 15.9 Å². The molecule has 0 fully saturated rings. The van der Waals surface area contributed by atoms with Gasteiger partial charge in [-0.2, -0.15) is 10.2 Å². The molecule has 0 aliphatic rings. The minimum absolute atomic E-state index is 0.0132. The van der Waals surface area contributed by atoms with Gasteiger partial charge in [0.25, 0.3) is 0 Å². The van der Waals surface area contributed by atoms with Gasteiger partial charge in [0.2, 0.25) is 5.95 Å². The van der Waals surface area contributed by atoms with E-state index < -0.39 is 5.82 Å². The second-order valence-corrected chi connectivity index (χ2v) is 4.62. The second-order valence-electron chi connectivity index (χ2n) is 3.77. The molecular formula is C12H9BrFN5O. The Balaban J connectivity index is 2.81. The van der Waals surface area contributed by atoms with E-state index in [9.17, 15) is 4.39 Å². The van der Waals surface area contributed by atoms with Gasteiger partial charge in [0.1, 0.15) is 29.0 Å². The Morgan fingerprint density at radius 3 is 2.65 bits per heavy atom. The second kappa shape index (κ2) is 5.30. The van der Waals surface area contributed by atoms with Crippen molar-refractivity contribution in [2.45, 2.75) is 0 Å². The van der Waals surface area contributed by atoms with Crippen molar-refractivity contribution in [3.05, 3.63) is 28.0 Å². The third-order valence-electron chi connectivity index (χ3n) is 2.56. The van der Waals surface area contributed by atoms with E-state index in [0.717, 1.165) is 0 Å². The monoisotopic (exact) mass is 337 g/mol. The first-order valence-electron chi connectivity index (χ1n) is 5.34. The summed E-state index contributed by atoms with van der Waals surface area (Å²) in [4.78, 5) is 7.66. The number of methoxy groups -OCH3 is 1. The maximum atomic E-state index is 13.7. The summed E-state index contributed by atoms with van der Waals surface area (Å²) in [6.45, 7) is 0. The van der Waals surface area contributed by atoms with E-state index in [1.807, 2.05) is 6.07 Å². The fraction of sp³-hybridized carbons (Fsp3) is 0.0833. The van der Waals surface area contributed by atoms with Crippen molar-refractivity contribution in [2.75, 3.05) is 18.6 Å². The van der Waals surface area contributed by atoms with E-state index in [2.05, 4.69) is 25.9 Å². The number of nitriles is 1. The molecule has 4 N–H and O–H groups in total. The van der Waals surface area contributed by atoms with Gasteiger partial charge in [-0.05, 0) is 28.1 Å². The molecule has 0 spiro atoms. The van der Waals surface area contributed by atoms with Crippen LogP contribution in [0.15, 0.2) is 16.6 Å². The standard InChI is InChI=1S/C12H9BrFN5O/c1-20-9-3-7(13)8(14)2-5(9)10-6(4-15)11(16)19-12(17)18-10/h2-3H,1H3,(H4,16,17,18,19). The largest absolute Gasteiger partial charge is 0.496 e. The number of nitrogen functional groups attached to an aromatic ring is 2. The lowest BCUT2D eigenvalue weighted by Gasteiger charge is -2.11. The van der Waals surface area contributed by atoms with Gasteiger partial charge in [-0.15, -0.1) is 0 Å². The molecule has 1 heterocycles. The molecule has 0 aliphatic heterocycles. The van der Waals surface area contributed by atoms with E-state index in [1.54, 1.807) is 0 Å². The number of benzene rings is 1. The fourth-order valence-electron chi connectivity index (χ4n) is 1.68. The number of anilines is 2. The predicted octanol–water partition coefficient (Wildman–Crippen LogP) is 2.09. The van der Waals surface area contributed by atoms with Crippen LogP contribution in [0.25, 0.3) is 11.3 Å². The number of hydrogen-bond acceptors (Lipinski definition) is 6. The van der Waals surface area contributed by atoms with E-state index in [4.69, 9.17) is 21.5 Å². The average Bonchev–Trinajstić information content (AvgIpc) is 2.40. The van der Waals surface area contributed by atoms with Crippen molar-refractivity contribution in [3.63, 3.8) is 0 Å². The Morgan fingerprint density at radius 2 is 2.05 bits per heavy atom. The summed E-state index contributed by atoms with van der Waals surface area (Å²) in [5, 5.41) is 9.14. The summed E-state index contributed by atoms with van der Waals surface area (Å²) >= 11 is 3.06. The normalized spacial score (nSPS) is 10.1. The zero-order chi connectivity index (χ0) is 14.9. The fourth-order valence-corrected chi connectivity index (χ4v) is 2.01. The van der Waals surface area contributed by atoms with Crippen molar-refractivity contribution in [2.24, 2.45) is 0 Å². The molecule has 102 valence electrons. The molecule has 8 heteroatoms. The third kappa shape index (κ3) is 2.35. The van der Waals surface area contributed by atoms with E-state index in [-0.39, 0.29) is 33.1 Å². The van der Waals surface area contributed by atoms with Gasteiger partial charge >= 0.3 is 0 Å². The van der Waals surface area contributed by atoms with Crippen LogP contribution in [0.3, 0.4) is 0 Å². The Labute approximate surface area is 122 Å². The van der Waals surface area contributed by atoms with Crippen LogP contribution in [0.1, 0.15) is 5.56 Å². The number of aromatic nitrogens is 2. The minimum Gasteiger partial charge on any atom is -0.496 e. The van der Waals surface area contributed by atoms with Crippen LogP contribution in [0.4, 0.5) is 16.2 Å². The number of halogens is 2.